The SMILES string of the molecule is C=C(COCC)C(O)C(NC=O)C(=O)O. The molecule has 0 aromatic rings. The Labute approximate surface area is 87.5 Å². The second kappa shape index (κ2) is 6.97. The molecule has 0 aromatic carbocycles. The topological polar surface area (TPSA) is 95.9 Å². The zero-order valence-corrected chi connectivity index (χ0v) is 8.47. The fourth-order valence-corrected chi connectivity index (χ4v) is 0.925. The molecule has 0 rings (SSSR count). The van der Waals surface area contributed by atoms with Gasteiger partial charge in [0.1, 0.15) is 6.10 Å². The monoisotopic (exact) mass is 217 g/mol. The van der Waals surface area contributed by atoms with Crippen LogP contribution in [0.3, 0.4) is 0 Å². The summed E-state index contributed by atoms with van der Waals surface area (Å²) in [6.07, 6.45) is -1.14. The first kappa shape index (κ1) is 13.6. The highest BCUT2D eigenvalue weighted by molar-refractivity contribution is 5.77. The molecule has 0 aliphatic heterocycles. The molecule has 0 heterocycles. The number of aliphatic carboxylic acids is 1. The minimum atomic E-state index is -1.39. The number of nitrogens with one attached hydrogen (secondary N) is 1. The molecule has 15 heavy (non-hydrogen) atoms. The van der Waals surface area contributed by atoms with Gasteiger partial charge in [-0.15, -0.1) is 0 Å². The molecule has 6 heteroatoms. The Morgan fingerprint density at radius 1 is 1.67 bits per heavy atom. The van der Waals surface area contributed by atoms with Crippen molar-refractivity contribution < 1.29 is 24.5 Å². The third kappa shape index (κ3) is 4.57. The summed E-state index contributed by atoms with van der Waals surface area (Å²) in [5.74, 6) is -1.33. The number of aliphatic hydroxyl groups excluding tert-OH is 1. The lowest BCUT2D eigenvalue weighted by Crippen LogP contribution is -2.46. The first-order valence-electron chi connectivity index (χ1n) is 4.40. The average molecular weight is 217 g/mol. The van der Waals surface area contributed by atoms with Crippen LogP contribution >= 0.6 is 0 Å². The molecule has 0 aliphatic carbocycles. The van der Waals surface area contributed by atoms with Gasteiger partial charge in [-0.05, 0) is 12.5 Å². The van der Waals surface area contributed by atoms with E-state index in [9.17, 15) is 14.7 Å². The van der Waals surface area contributed by atoms with Crippen molar-refractivity contribution in [2.75, 3.05) is 13.2 Å². The van der Waals surface area contributed by atoms with E-state index in [0.717, 1.165) is 0 Å². The number of carbonyl (C=O) groups excluding carboxylic acids is 1. The van der Waals surface area contributed by atoms with Crippen molar-refractivity contribution in [3.05, 3.63) is 12.2 Å². The molecule has 0 spiro atoms. The van der Waals surface area contributed by atoms with Crippen LogP contribution in [0, 0.1) is 0 Å². The molecular weight excluding hydrogens is 202 g/mol. The van der Waals surface area contributed by atoms with Crippen LogP contribution in [0.15, 0.2) is 12.2 Å². The van der Waals surface area contributed by atoms with E-state index in [1.165, 1.54) is 0 Å². The number of ether oxygens (including phenoxy) is 1. The minimum Gasteiger partial charge on any atom is -0.480 e. The molecule has 0 aromatic heterocycles. The van der Waals surface area contributed by atoms with E-state index in [4.69, 9.17) is 9.84 Å². The molecular formula is C9H15NO5. The molecule has 1 amide bonds. The summed E-state index contributed by atoms with van der Waals surface area (Å²) in [5.41, 5.74) is 0.207. The van der Waals surface area contributed by atoms with Gasteiger partial charge in [0.05, 0.1) is 6.61 Å². The molecule has 0 fully saturated rings. The third-order valence-corrected chi connectivity index (χ3v) is 1.74. The maximum Gasteiger partial charge on any atom is 0.329 e. The molecule has 0 aliphatic rings. The lowest BCUT2D eigenvalue weighted by molar-refractivity contribution is -0.143. The first-order valence-corrected chi connectivity index (χ1v) is 4.40. The van der Waals surface area contributed by atoms with Crippen molar-refractivity contribution in [1.82, 2.24) is 5.32 Å². The number of carboxylic acids is 1. The quantitative estimate of drug-likeness (QED) is 0.363. The van der Waals surface area contributed by atoms with Gasteiger partial charge in [-0.2, -0.15) is 0 Å². The average Bonchev–Trinajstić information content (AvgIpc) is 2.21. The summed E-state index contributed by atoms with van der Waals surface area (Å²) in [7, 11) is 0. The zero-order valence-electron chi connectivity index (χ0n) is 8.47. The Balaban J connectivity index is 4.34. The molecule has 6 nitrogen and oxygen atoms in total. The van der Waals surface area contributed by atoms with Crippen LogP contribution in [0.25, 0.3) is 0 Å². The fourth-order valence-electron chi connectivity index (χ4n) is 0.925. The molecule has 2 atom stereocenters. The zero-order chi connectivity index (χ0) is 11.8. The van der Waals surface area contributed by atoms with Crippen molar-refractivity contribution in [3.63, 3.8) is 0 Å². The highest BCUT2D eigenvalue weighted by atomic mass is 16.5. The maximum absolute atomic E-state index is 10.6. The number of aliphatic hydroxyl groups is 1. The summed E-state index contributed by atoms with van der Waals surface area (Å²) in [6.45, 7) is 5.74. The Hall–Kier alpha value is -1.40. The van der Waals surface area contributed by atoms with Gasteiger partial charge in [0.2, 0.25) is 6.41 Å². The second-order valence-electron chi connectivity index (χ2n) is 2.84. The Kier molecular flexibility index (Phi) is 6.32. The highest BCUT2D eigenvalue weighted by Crippen LogP contribution is 2.05. The minimum absolute atomic E-state index is 0.0575. The fraction of sp³-hybridized carbons (Fsp3) is 0.556. The first-order chi connectivity index (χ1) is 7.04. The smallest absolute Gasteiger partial charge is 0.329 e. The van der Waals surface area contributed by atoms with Crippen molar-refractivity contribution in [1.29, 1.82) is 0 Å². The molecule has 0 bridgehead atoms. The lowest BCUT2D eigenvalue weighted by Gasteiger charge is -2.20. The maximum atomic E-state index is 10.6. The predicted octanol–water partition coefficient (Wildman–Crippen LogP) is -0.861. The summed E-state index contributed by atoms with van der Waals surface area (Å²) in [6, 6.07) is -1.39. The van der Waals surface area contributed by atoms with Crippen LogP contribution in [-0.2, 0) is 14.3 Å². The van der Waals surface area contributed by atoms with E-state index in [1.807, 2.05) is 5.32 Å². The van der Waals surface area contributed by atoms with Crippen LogP contribution in [0.2, 0.25) is 0 Å². The van der Waals surface area contributed by atoms with Crippen LogP contribution in [0.5, 0.6) is 0 Å². The summed E-state index contributed by atoms with van der Waals surface area (Å²) < 4.78 is 4.96. The summed E-state index contributed by atoms with van der Waals surface area (Å²) >= 11 is 0. The molecule has 0 saturated carbocycles. The van der Waals surface area contributed by atoms with E-state index in [0.29, 0.717) is 6.61 Å². The summed E-state index contributed by atoms with van der Waals surface area (Å²) in [4.78, 5) is 20.8. The Morgan fingerprint density at radius 2 is 2.27 bits per heavy atom. The van der Waals surface area contributed by atoms with Crippen molar-refractivity contribution >= 4 is 12.4 Å². The van der Waals surface area contributed by atoms with Gasteiger partial charge in [-0.3, -0.25) is 4.79 Å². The molecule has 3 N–H and O–H groups in total. The Morgan fingerprint density at radius 3 is 2.67 bits per heavy atom. The van der Waals surface area contributed by atoms with E-state index in [1.54, 1.807) is 6.92 Å². The Bertz CT molecular complexity index is 241. The molecule has 0 radical (unpaired) electrons. The standard InChI is InChI=1S/C9H15NO5/c1-3-15-4-6(2)8(12)7(9(13)14)10-5-11/h5,7-8,12H,2-4H2,1H3,(H,10,11)(H,13,14). The second-order valence-corrected chi connectivity index (χ2v) is 2.84. The largest absolute Gasteiger partial charge is 0.480 e. The molecule has 2 unspecified atom stereocenters. The number of rotatable bonds is 8. The van der Waals surface area contributed by atoms with Crippen LogP contribution in [0.4, 0.5) is 0 Å². The number of carbonyl (C=O) groups is 2. The predicted molar refractivity (Wildman–Crippen MR) is 52.3 cm³/mol. The van der Waals surface area contributed by atoms with Gasteiger partial charge in [0.25, 0.3) is 0 Å². The van der Waals surface area contributed by atoms with Crippen LogP contribution in [-0.4, -0.2) is 48.0 Å². The molecule has 0 saturated heterocycles. The van der Waals surface area contributed by atoms with Gasteiger partial charge < -0.3 is 20.3 Å². The van der Waals surface area contributed by atoms with Gasteiger partial charge in [0, 0.05) is 6.61 Å². The number of amides is 1. The van der Waals surface area contributed by atoms with E-state index >= 15 is 0 Å². The molecule has 86 valence electrons. The number of hydrogen-bond donors (Lipinski definition) is 3. The van der Waals surface area contributed by atoms with Crippen molar-refractivity contribution in [2.24, 2.45) is 0 Å². The third-order valence-electron chi connectivity index (χ3n) is 1.74. The van der Waals surface area contributed by atoms with Gasteiger partial charge in [-0.1, -0.05) is 6.58 Å². The van der Waals surface area contributed by atoms with Gasteiger partial charge in [0.15, 0.2) is 6.04 Å². The summed E-state index contributed by atoms with van der Waals surface area (Å²) in [5, 5.41) is 20.2. The lowest BCUT2D eigenvalue weighted by atomic mass is 10.0. The van der Waals surface area contributed by atoms with Crippen molar-refractivity contribution in [2.45, 2.75) is 19.1 Å². The van der Waals surface area contributed by atoms with E-state index < -0.39 is 18.1 Å². The highest BCUT2D eigenvalue weighted by Gasteiger charge is 2.27. The van der Waals surface area contributed by atoms with Crippen LogP contribution < -0.4 is 5.32 Å². The normalized spacial score (nSPS) is 14.0. The van der Waals surface area contributed by atoms with Crippen LogP contribution in [0.1, 0.15) is 6.92 Å². The van der Waals surface area contributed by atoms with E-state index in [2.05, 4.69) is 6.58 Å². The number of hydrogen-bond acceptors (Lipinski definition) is 4. The van der Waals surface area contributed by atoms with E-state index in [-0.39, 0.29) is 18.6 Å². The van der Waals surface area contributed by atoms with Gasteiger partial charge in [-0.25, -0.2) is 4.79 Å². The number of carboxylic acid groups (broad SMARTS) is 1. The van der Waals surface area contributed by atoms with Crippen molar-refractivity contribution in [3.8, 4) is 0 Å². The van der Waals surface area contributed by atoms with Gasteiger partial charge >= 0.3 is 5.97 Å².